The van der Waals surface area contributed by atoms with Gasteiger partial charge in [-0.05, 0) is 61.0 Å². The lowest BCUT2D eigenvalue weighted by Gasteiger charge is -2.32. The second kappa shape index (κ2) is 10.7. The second-order valence-corrected chi connectivity index (χ2v) is 8.75. The summed E-state index contributed by atoms with van der Waals surface area (Å²) >= 11 is 0. The first-order valence-corrected chi connectivity index (χ1v) is 12.3. The number of rotatable bonds is 8. The summed E-state index contributed by atoms with van der Waals surface area (Å²) in [5.41, 5.74) is 0.905. The maximum atomic E-state index is 14.1. The number of fused-ring (bicyclic) bond motifs is 1. The van der Waals surface area contributed by atoms with Crippen molar-refractivity contribution < 1.29 is 18.3 Å². The highest BCUT2D eigenvalue weighted by atomic mass is 19.1. The Kier molecular flexibility index (Phi) is 7.04. The lowest BCUT2D eigenvalue weighted by molar-refractivity contribution is 0.0623. The van der Waals surface area contributed by atoms with Gasteiger partial charge in [-0.3, -0.25) is 14.2 Å². The van der Waals surface area contributed by atoms with Crippen molar-refractivity contribution in [3.05, 3.63) is 125 Å². The van der Waals surface area contributed by atoms with Crippen molar-refractivity contribution in [2.24, 2.45) is 0 Å². The van der Waals surface area contributed by atoms with E-state index < -0.39 is 17.8 Å². The minimum atomic E-state index is -0.668. The lowest BCUT2D eigenvalue weighted by Crippen LogP contribution is -2.38. The predicted octanol–water partition coefficient (Wildman–Crippen LogP) is 5.92. The number of nitrogens with zero attached hydrogens (tertiary/aromatic N) is 3. The van der Waals surface area contributed by atoms with Crippen LogP contribution in [0.25, 0.3) is 16.6 Å². The average molecular weight is 512 g/mol. The molecule has 3 aromatic carbocycles. The topological polar surface area (TPSA) is 77.6 Å². The fraction of sp³-hybridized carbons (Fsp3) is 0.167. The third-order valence-electron chi connectivity index (χ3n) is 6.43. The Morgan fingerprint density at radius 1 is 1.05 bits per heavy atom. The molecule has 2 heterocycles. The highest BCUT2D eigenvalue weighted by molar-refractivity contribution is 5.94. The number of methoxy groups -OCH3 is 1. The third-order valence-corrected chi connectivity index (χ3v) is 6.43. The molecule has 1 unspecified atom stereocenters. The fourth-order valence-corrected chi connectivity index (χ4v) is 4.64. The van der Waals surface area contributed by atoms with Crippen molar-refractivity contribution in [1.29, 1.82) is 0 Å². The number of halogens is 1. The number of ether oxygens (including phenoxy) is 1. The molecule has 1 atom stereocenters. The van der Waals surface area contributed by atoms with Gasteiger partial charge in [0.05, 0.1) is 42.5 Å². The van der Waals surface area contributed by atoms with E-state index in [1.807, 2.05) is 25.1 Å². The SMILES string of the molecule is CCC(c1nc2ccccc2c(=O)n1-c1ccccc1OC)N(Cc1ccco1)C(=O)c1cccc(F)c1. The van der Waals surface area contributed by atoms with Crippen LogP contribution in [0.15, 0.2) is 100 Å². The standard InChI is InChI=1S/C30H26FN3O4/c1-3-25(33(19-22-12-9-17-38-22)29(35)20-10-8-11-21(31)18-20)28-32-24-14-5-4-13-23(24)30(36)34(28)26-15-6-7-16-27(26)37-2/h4-18,25H,3,19H2,1-2H3. The number of carbonyl (C=O) groups excluding carboxylic acids is 1. The van der Waals surface area contributed by atoms with Crippen molar-refractivity contribution in [3.63, 3.8) is 0 Å². The molecule has 0 radical (unpaired) electrons. The van der Waals surface area contributed by atoms with Gasteiger partial charge in [-0.15, -0.1) is 0 Å². The van der Waals surface area contributed by atoms with Crippen LogP contribution in [0, 0.1) is 5.82 Å². The maximum Gasteiger partial charge on any atom is 0.266 e. The molecule has 0 aliphatic carbocycles. The molecule has 0 saturated heterocycles. The number of carbonyl (C=O) groups is 1. The van der Waals surface area contributed by atoms with E-state index in [9.17, 15) is 14.0 Å². The zero-order valence-electron chi connectivity index (χ0n) is 21.0. The molecule has 5 rings (SSSR count). The van der Waals surface area contributed by atoms with Gasteiger partial charge < -0.3 is 14.1 Å². The minimum absolute atomic E-state index is 0.0927. The van der Waals surface area contributed by atoms with Gasteiger partial charge in [-0.1, -0.05) is 37.3 Å². The van der Waals surface area contributed by atoms with Crippen LogP contribution in [0.2, 0.25) is 0 Å². The summed E-state index contributed by atoms with van der Waals surface area (Å²) in [7, 11) is 1.53. The molecule has 192 valence electrons. The molecular weight excluding hydrogens is 485 g/mol. The van der Waals surface area contributed by atoms with E-state index in [0.717, 1.165) is 0 Å². The molecule has 0 N–H and O–H groups in total. The van der Waals surface area contributed by atoms with Crippen LogP contribution in [0.5, 0.6) is 5.75 Å². The lowest BCUT2D eigenvalue weighted by atomic mass is 10.1. The van der Waals surface area contributed by atoms with Gasteiger partial charge in [-0.25, -0.2) is 9.37 Å². The number of hydrogen-bond donors (Lipinski definition) is 0. The minimum Gasteiger partial charge on any atom is -0.495 e. The van der Waals surface area contributed by atoms with Gasteiger partial charge in [0.1, 0.15) is 23.2 Å². The van der Waals surface area contributed by atoms with Gasteiger partial charge in [0.2, 0.25) is 0 Å². The highest BCUT2D eigenvalue weighted by Gasteiger charge is 2.31. The van der Waals surface area contributed by atoms with E-state index in [1.165, 1.54) is 36.1 Å². The van der Waals surface area contributed by atoms with Crippen molar-refractivity contribution in [2.75, 3.05) is 7.11 Å². The Morgan fingerprint density at radius 2 is 1.84 bits per heavy atom. The van der Waals surface area contributed by atoms with E-state index in [4.69, 9.17) is 14.1 Å². The Morgan fingerprint density at radius 3 is 2.58 bits per heavy atom. The molecule has 0 bridgehead atoms. The van der Waals surface area contributed by atoms with Gasteiger partial charge >= 0.3 is 0 Å². The Labute approximate surface area is 218 Å². The first-order valence-electron chi connectivity index (χ1n) is 12.3. The normalized spacial score (nSPS) is 11.9. The Bertz CT molecular complexity index is 1650. The number of amides is 1. The molecule has 0 spiro atoms. The van der Waals surface area contributed by atoms with Crippen molar-refractivity contribution >= 4 is 16.8 Å². The first kappa shape index (κ1) is 25.0. The Balaban J connectivity index is 1.76. The molecule has 0 aliphatic heterocycles. The summed E-state index contributed by atoms with van der Waals surface area (Å²) in [6.07, 6.45) is 1.95. The summed E-state index contributed by atoms with van der Waals surface area (Å²) in [5, 5.41) is 0.436. The number of para-hydroxylation sites is 3. The van der Waals surface area contributed by atoms with Gasteiger partial charge in [0.25, 0.3) is 11.5 Å². The number of benzene rings is 3. The molecule has 7 nitrogen and oxygen atoms in total. The second-order valence-electron chi connectivity index (χ2n) is 8.75. The zero-order valence-corrected chi connectivity index (χ0v) is 21.0. The number of aromatic nitrogens is 2. The smallest absolute Gasteiger partial charge is 0.266 e. The van der Waals surface area contributed by atoms with Crippen LogP contribution in [-0.2, 0) is 6.54 Å². The molecule has 2 aromatic heterocycles. The van der Waals surface area contributed by atoms with Gasteiger partial charge in [0, 0.05) is 5.56 Å². The van der Waals surface area contributed by atoms with Crippen LogP contribution in [0.3, 0.4) is 0 Å². The molecule has 0 fully saturated rings. The van der Waals surface area contributed by atoms with E-state index in [1.54, 1.807) is 53.4 Å². The molecular formula is C30H26FN3O4. The van der Waals surface area contributed by atoms with Crippen molar-refractivity contribution in [1.82, 2.24) is 14.5 Å². The summed E-state index contributed by atoms with van der Waals surface area (Å²) in [4.78, 5) is 34.3. The third kappa shape index (κ3) is 4.68. The van der Waals surface area contributed by atoms with E-state index in [-0.39, 0.29) is 17.7 Å². The number of hydrogen-bond acceptors (Lipinski definition) is 5. The fourth-order valence-electron chi connectivity index (χ4n) is 4.64. The van der Waals surface area contributed by atoms with Gasteiger partial charge in [0.15, 0.2) is 0 Å². The quantitative estimate of drug-likeness (QED) is 0.258. The first-order chi connectivity index (χ1) is 18.5. The summed E-state index contributed by atoms with van der Waals surface area (Å²) < 4.78 is 26.8. The molecule has 0 saturated carbocycles. The maximum absolute atomic E-state index is 14.1. The molecule has 1 amide bonds. The zero-order chi connectivity index (χ0) is 26.6. The van der Waals surface area contributed by atoms with E-state index in [0.29, 0.717) is 40.3 Å². The van der Waals surface area contributed by atoms with Crippen LogP contribution in [0.4, 0.5) is 4.39 Å². The summed E-state index contributed by atoms with van der Waals surface area (Å²) in [5.74, 6) is 0.451. The summed E-state index contributed by atoms with van der Waals surface area (Å²) in [6.45, 7) is 2.00. The monoisotopic (exact) mass is 511 g/mol. The van der Waals surface area contributed by atoms with Crippen molar-refractivity contribution in [3.8, 4) is 11.4 Å². The predicted molar refractivity (Wildman–Crippen MR) is 142 cm³/mol. The highest BCUT2D eigenvalue weighted by Crippen LogP contribution is 2.31. The van der Waals surface area contributed by atoms with Crippen LogP contribution >= 0.6 is 0 Å². The van der Waals surface area contributed by atoms with E-state index in [2.05, 4.69) is 0 Å². The molecule has 5 aromatic rings. The van der Waals surface area contributed by atoms with Gasteiger partial charge in [-0.2, -0.15) is 0 Å². The van der Waals surface area contributed by atoms with Crippen LogP contribution in [-0.4, -0.2) is 27.5 Å². The summed E-state index contributed by atoms with van der Waals surface area (Å²) in [6, 6.07) is 22.6. The van der Waals surface area contributed by atoms with Crippen LogP contribution in [0.1, 0.15) is 41.3 Å². The largest absolute Gasteiger partial charge is 0.495 e. The average Bonchev–Trinajstić information content (AvgIpc) is 3.46. The van der Waals surface area contributed by atoms with Crippen molar-refractivity contribution in [2.45, 2.75) is 25.9 Å². The molecule has 38 heavy (non-hydrogen) atoms. The molecule has 0 aliphatic rings. The molecule has 8 heteroatoms. The van der Waals surface area contributed by atoms with Crippen LogP contribution < -0.4 is 10.3 Å². The Hall–Kier alpha value is -4.72. The van der Waals surface area contributed by atoms with E-state index >= 15 is 0 Å². The number of furan rings is 1.